The Kier molecular flexibility index (Phi) is 3.77. The van der Waals surface area contributed by atoms with Gasteiger partial charge < -0.3 is 5.32 Å². The van der Waals surface area contributed by atoms with E-state index in [2.05, 4.69) is 74.6 Å². The lowest BCUT2D eigenvalue weighted by Crippen LogP contribution is -2.57. The van der Waals surface area contributed by atoms with Crippen LogP contribution >= 0.6 is 0 Å². The molecule has 3 aliphatic rings. The first-order valence-corrected chi connectivity index (χ1v) is 11.0. The maximum atomic E-state index is 4.13. The van der Waals surface area contributed by atoms with E-state index in [4.69, 9.17) is 0 Å². The number of benzene rings is 2. The number of anilines is 1. The SMILES string of the molecule is CC(C)(C)c1ccc2c(c1)[C@@]13CCCC[C@@H]1CCC[C@]3(c1ccccc1)N2. The molecule has 1 spiro atoms. The summed E-state index contributed by atoms with van der Waals surface area (Å²) in [6, 6.07) is 18.7. The minimum Gasteiger partial charge on any atom is -0.374 e. The van der Waals surface area contributed by atoms with Crippen LogP contribution in [0.15, 0.2) is 48.5 Å². The second kappa shape index (κ2) is 5.87. The zero-order valence-corrected chi connectivity index (χ0v) is 17.1. The van der Waals surface area contributed by atoms with E-state index in [-0.39, 0.29) is 16.4 Å². The van der Waals surface area contributed by atoms with Crippen LogP contribution in [0.4, 0.5) is 5.69 Å². The van der Waals surface area contributed by atoms with Crippen molar-refractivity contribution in [1.82, 2.24) is 0 Å². The Morgan fingerprint density at radius 2 is 1.67 bits per heavy atom. The van der Waals surface area contributed by atoms with Gasteiger partial charge in [0.05, 0.1) is 5.54 Å². The highest BCUT2D eigenvalue weighted by atomic mass is 15.1. The van der Waals surface area contributed by atoms with Crippen LogP contribution in [0.25, 0.3) is 0 Å². The van der Waals surface area contributed by atoms with E-state index in [1.165, 1.54) is 61.8 Å². The summed E-state index contributed by atoms with van der Waals surface area (Å²) in [6.07, 6.45) is 9.50. The van der Waals surface area contributed by atoms with Gasteiger partial charge in [0.15, 0.2) is 0 Å². The fraction of sp³-hybridized carbons (Fsp3) is 0.538. The van der Waals surface area contributed by atoms with E-state index >= 15 is 0 Å². The molecule has 1 N–H and O–H groups in total. The first-order chi connectivity index (χ1) is 13.0. The van der Waals surface area contributed by atoms with Gasteiger partial charge in [-0.15, -0.1) is 0 Å². The molecule has 2 fully saturated rings. The molecule has 2 aliphatic carbocycles. The van der Waals surface area contributed by atoms with Crippen LogP contribution in [0, 0.1) is 5.92 Å². The van der Waals surface area contributed by atoms with Gasteiger partial charge in [-0.3, -0.25) is 0 Å². The zero-order chi connectivity index (χ0) is 18.7. The molecule has 2 aromatic rings. The fourth-order valence-corrected chi connectivity index (χ4v) is 6.71. The third-order valence-electron chi connectivity index (χ3n) is 7.92. The molecule has 142 valence electrons. The summed E-state index contributed by atoms with van der Waals surface area (Å²) in [4.78, 5) is 0. The smallest absolute Gasteiger partial charge is 0.0725 e. The average Bonchev–Trinajstić information content (AvgIpc) is 2.97. The topological polar surface area (TPSA) is 12.0 Å². The van der Waals surface area contributed by atoms with Crippen molar-refractivity contribution < 1.29 is 0 Å². The summed E-state index contributed by atoms with van der Waals surface area (Å²) in [5, 5.41) is 4.13. The number of hydrogen-bond donors (Lipinski definition) is 1. The van der Waals surface area contributed by atoms with Crippen LogP contribution in [0.2, 0.25) is 0 Å². The summed E-state index contributed by atoms with van der Waals surface area (Å²) in [7, 11) is 0. The minimum atomic E-state index is 0.0798. The average molecular weight is 360 g/mol. The van der Waals surface area contributed by atoms with Crippen molar-refractivity contribution in [2.24, 2.45) is 5.92 Å². The highest BCUT2D eigenvalue weighted by molar-refractivity contribution is 5.68. The Balaban J connectivity index is 1.77. The molecule has 0 saturated heterocycles. The van der Waals surface area contributed by atoms with Crippen molar-refractivity contribution in [3.63, 3.8) is 0 Å². The molecular formula is C26H33N. The Bertz CT molecular complexity index is 844. The van der Waals surface area contributed by atoms with Crippen LogP contribution in [0.1, 0.15) is 82.4 Å². The number of hydrogen-bond acceptors (Lipinski definition) is 1. The lowest BCUT2D eigenvalue weighted by atomic mass is 9.48. The molecule has 0 unspecified atom stereocenters. The first-order valence-electron chi connectivity index (χ1n) is 11.0. The largest absolute Gasteiger partial charge is 0.374 e. The predicted octanol–water partition coefficient (Wildman–Crippen LogP) is 6.92. The van der Waals surface area contributed by atoms with Gasteiger partial charge in [-0.25, -0.2) is 0 Å². The van der Waals surface area contributed by atoms with Crippen molar-refractivity contribution in [3.8, 4) is 0 Å². The van der Waals surface area contributed by atoms with Crippen molar-refractivity contribution in [2.45, 2.75) is 82.1 Å². The van der Waals surface area contributed by atoms with Gasteiger partial charge in [0.1, 0.15) is 0 Å². The van der Waals surface area contributed by atoms with Crippen LogP contribution in [-0.2, 0) is 16.4 Å². The van der Waals surface area contributed by atoms with Gasteiger partial charge in [-0.1, -0.05) is 82.5 Å². The highest BCUT2D eigenvalue weighted by Gasteiger charge is 2.63. The van der Waals surface area contributed by atoms with Gasteiger partial charge in [0, 0.05) is 11.1 Å². The predicted molar refractivity (Wildman–Crippen MR) is 114 cm³/mol. The lowest BCUT2D eigenvalue weighted by Gasteiger charge is -2.57. The van der Waals surface area contributed by atoms with Crippen LogP contribution in [-0.4, -0.2) is 0 Å². The maximum Gasteiger partial charge on any atom is 0.0725 e. The molecule has 1 heteroatoms. The summed E-state index contributed by atoms with van der Waals surface area (Å²) < 4.78 is 0. The third kappa shape index (κ3) is 2.30. The quantitative estimate of drug-likeness (QED) is 0.583. The van der Waals surface area contributed by atoms with Crippen molar-refractivity contribution >= 4 is 5.69 Å². The molecule has 0 radical (unpaired) electrons. The Morgan fingerprint density at radius 1 is 0.889 bits per heavy atom. The molecule has 2 saturated carbocycles. The summed E-state index contributed by atoms with van der Waals surface area (Å²) in [5.41, 5.74) is 6.56. The van der Waals surface area contributed by atoms with E-state index in [0.29, 0.717) is 0 Å². The first kappa shape index (κ1) is 17.3. The minimum absolute atomic E-state index is 0.0798. The number of nitrogens with one attached hydrogen (secondary N) is 1. The molecular weight excluding hydrogens is 326 g/mol. The Labute approximate surface area is 164 Å². The zero-order valence-electron chi connectivity index (χ0n) is 17.1. The van der Waals surface area contributed by atoms with E-state index < -0.39 is 0 Å². The summed E-state index contributed by atoms with van der Waals surface area (Å²) >= 11 is 0. The molecule has 5 rings (SSSR count). The molecule has 1 nitrogen and oxygen atoms in total. The third-order valence-corrected chi connectivity index (χ3v) is 7.92. The van der Waals surface area contributed by atoms with Gasteiger partial charge in [0.2, 0.25) is 0 Å². The second-order valence-electron chi connectivity index (χ2n) is 10.2. The highest BCUT2D eigenvalue weighted by Crippen LogP contribution is 2.66. The number of fused-ring (bicyclic) bond motifs is 1. The van der Waals surface area contributed by atoms with Gasteiger partial charge in [0.25, 0.3) is 0 Å². The molecule has 0 bridgehead atoms. The molecule has 1 heterocycles. The van der Waals surface area contributed by atoms with Gasteiger partial charge >= 0.3 is 0 Å². The van der Waals surface area contributed by atoms with Crippen LogP contribution in [0.5, 0.6) is 0 Å². The van der Waals surface area contributed by atoms with Gasteiger partial charge in [-0.05, 0) is 59.8 Å². The van der Waals surface area contributed by atoms with Crippen molar-refractivity contribution in [1.29, 1.82) is 0 Å². The molecule has 1 aliphatic heterocycles. The molecule has 27 heavy (non-hydrogen) atoms. The molecule has 0 amide bonds. The van der Waals surface area contributed by atoms with Crippen molar-refractivity contribution in [3.05, 3.63) is 65.2 Å². The monoisotopic (exact) mass is 359 g/mol. The molecule has 2 aromatic carbocycles. The molecule has 3 atom stereocenters. The Morgan fingerprint density at radius 3 is 2.44 bits per heavy atom. The molecule has 0 aromatic heterocycles. The summed E-state index contributed by atoms with van der Waals surface area (Å²) in [6.45, 7) is 7.04. The summed E-state index contributed by atoms with van der Waals surface area (Å²) in [5.74, 6) is 0.809. The van der Waals surface area contributed by atoms with E-state index in [1.807, 2.05) is 0 Å². The maximum absolute atomic E-state index is 4.13. The van der Waals surface area contributed by atoms with Gasteiger partial charge in [-0.2, -0.15) is 0 Å². The van der Waals surface area contributed by atoms with E-state index in [1.54, 1.807) is 5.56 Å². The van der Waals surface area contributed by atoms with E-state index in [0.717, 1.165) is 5.92 Å². The lowest BCUT2D eigenvalue weighted by molar-refractivity contribution is 0.0564. The van der Waals surface area contributed by atoms with E-state index in [9.17, 15) is 0 Å². The number of rotatable bonds is 1. The van der Waals surface area contributed by atoms with Crippen LogP contribution in [0.3, 0.4) is 0 Å². The Hall–Kier alpha value is -1.76. The normalized spacial score (nSPS) is 32.2. The van der Waals surface area contributed by atoms with Crippen molar-refractivity contribution in [2.75, 3.05) is 5.32 Å². The fourth-order valence-electron chi connectivity index (χ4n) is 6.71. The second-order valence-corrected chi connectivity index (χ2v) is 10.2. The van der Waals surface area contributed by atoms with Crippen LogP contribution < -0.4 is 5.32 Å². The standard InChI is InChI=1S/C26H33N/c1-24(2,3)21-14-15-23-22(18-21)25-16-8-7-10-19(25)13-9-17-26(25,27-23)20-11-5-4-6-12-20/h4-6,11-12,14-15,18-19,27H,7-10,13,16-17H2,1-3H3/t19-,25-,26-/m1/s1.